The highest BCUT2D eigenvalue weighted by atomic mass is 16.3. The van der Waals surface area contributed by atoms with Crippen molar-refractivity contribution in [1.82, 2.24) is 15.5 Å². The highest BCUT2D eigenvalue weighted by Crippen LogP contribution is 2.18. The number of hydrogen-bond acceptors (Lipinski definition) is 4. The Balaban J connectivity index is 1.95. The average Bonchev–Trinajstić information content (AvgIpc) is 2.94. The molecule has 3 atom stereocenters. The van der Waals surface area contributed by atoms with Crippen LogP contribution in [0.15, 0.2) is 24.3 Å². The van der Waals surface area contributed by atoms with Gasteiger partial charge in [-0.1, -0.05) is 31.2 Å². The lowest BCUT2D eigenvalue weighted by molar-refractivity contribution is -0.123. The van der Waals surface area contributed by atoms with Gasteiger partial charge in [0.15, 0.2) is 0 Å². The first-order valence-electron chi connectivity index (χ1n) is 7.95. The molecule has 1 aromatic rings. The number of aliphatic hydroxyl groups is 1. The zero-order valence-electron chi connectivity index (χ0n) is 13.7. The fourth-order valence-electron chi connectivity index (χ4n) is 2.81. The summed E-state index contributed by atoms with van der Waals surface area (Å²) in [6, 6.07) is 8.41. The largest absolute Gasteiger partial charge is 0.392 e. The van der Waals surface area contributed by atoms with E-state index < -0.39 is 6.10 Å². The van der Waals surface area contributed by atoms with Crippen LogP contribution in [0.25, 0.3) is 0 Å². The molecular formula is C17H27N3O2. The third kappa shape index (κ3) is 4.29. The van der Waals surface area contributed by atoms with Crippen molar-refractivity contribution in [2.24, 2.45) is 0 Å². The molecule has 1 amide bonds. The number of rotatable bonds is 6. The Hall–Kier alpha value is -1.43. The predicted molar refractivity (Wildman–Crippen MR) is 87.7 cm³/mol. The van der Waals surface area contributed by atoms with Crippen LogP contribution in [0, 0.1) is 0 Å². The van der Waals surface area contributed by atoms with Crippen molar-refractivity contribution >= 4 is 5.91 Å². The lowest BCUT2D eigenvalue weighted by Crippen LogP contribution is -2.43. The maximum absolute atomic E-state index is 12.1. The topological polar surface area (TPSA) is 64.6 Å². The molecule has 1 heterocycles. The lowest BCUT2D eigenvalue weighted by Gasteiger charge is -2.26. The van der Waals surface area contributed by atoms with E-state index in [-0.39, 0.29) is 18.0 Å². The maximum Gasteiger partial charge on any atom is 0.237 e. The van der Waals surface area contributed by atoms with Gasteiger partial charge in [0.05, 0.1) is 18.2 Å². The Morgan fingerprint density at radius 1 is 1.41 bits per heavy atom. The second kappa shape index (κ2) is 7.72. The molecule has 5 nitrogen and oxygen atoms in total. The van der Waals surface area contributed by atoms with Crippen LogP contribution in [0.1, 0.15) is 30.5 Å². The second-order valence-corrected chi connectivity index (χ2v) is 6.17. The molecule has 2 rings (SSSR count). The van der Waals surface area contributed by atoms with E-state index in [0.29, 0.717) is 19.5 Å². The van der Waals surface area contributed by atoms with Gasteiger partial charge in [-0.2, -0.15) is 0 Å². The number of hydrogen-bond donors (Lipinski definition) is 3. The van der Waals surface area contributed by atoms with E-state index in [1.165, 1.54) is 11.1 Å². The van der Waals surface area contributed by atoms with Crippen LogP contribution < -0.4 is 10.6 Å². The van der Waals surface area contributed by atoms with E-state index in [9.17, 15) is 9.90 Å². The van der Waals surface area contributed by atoms with Crippen molar-refractivity contribution in [2.75, 3.05) is 27.2 Å². The van der Waals surface area contributed by atoms with Crippen LogP contribution in [0.4, 0.5) is 0 Å². The zero-order valence-corrected chi connectivity index (χ0v) is 13.7. The minimum Gasteiger partial charge on any atom is -0.392 e. The minimum absolute atomic E-state index is 0.0337. The summed E-state index contributed by atoms with van der Waals surface area (Å²) in [5.74, 6) is -0.0337. The second-order valence-electron chi connectivity index (χ2n) is 6.17. The van der Waals surface area contributed by atoms with E-state index in [1.807, 2.05) is 14.1 Å². The normalized spacial score (nSPS) is 22.8. The predicted octanol–water partition coefficient (Wildman–Crippen LogP) is 0.691. The van der Waals surface area contributed by atoms with Crippen LogP contribution in [-0.4, -0.2) is 55.2 Å². The summed E-state index contributed by atoms with van der Waals surface area (Å²) >= 11 is 0. The summed E-state index contributed by atoms with van der Waals surface area (Å²) in [6.45, 7) is 3.20. The Kier molecular flexibility index (Phi) is 5.94. The van der Waals surface area contributed by atoms with Gasteiger partial charge in [0.1, 0.15) is 0 Å². The van der Waals surface area contributed by atoms with Crippen LogP contribution >= 0.6 is 0 Å². The van der Waals surface area contributed by atoms with Gasteiger partial charge >= 0.3 is 0 Å². The Morgan fingerprint density at radius 3 is 2.59 bits per heavy atom. The van der Waals surface area contributed by atoms with Crippen molar-refractivity contribution in [3.05, 3.63) is 35.4 Å². The molecular weight excluding hydrogens is 278 g/mol. The van der Waals surface area contributed by atoms with Gasteiger partial charge in [-0.25, -0.2) is 0 Å². The lowest BCUT2D eigenvalue weighted by atomic mass is 10.0. The smallest absolute Gasteiger partial charge is 0.237 e. The van der Waals surface area contributed by atoms with Gasteiger partial charge in [-0.3, -0.25) is 4.79 Å². The zero-order chi connectivity index (χ0) is 16.1. The van der Waals surface area contributed by atoms with Crippen molar-refractivity contribution in [1.29, 1.82) is 0 Å². The van der Waals surface area contributed by atoms with Crippen LogP contribution in [-0.2, 0) is 11.2 Å². The quantitative estimate of drug-likeness (QED) is 0.723. The van der Waals surface area contributed by atoms with E-state index in [0.717, 1.165) is 6.42 Å². The van der Waals surface area contributed by atoms with Crippen molar-refractivity contribution < 1.29 is 9.90 Å². The van der Waals surface area contributed by atoms with E-state index in [2.05, 4.69) is 46.7 Å². The molecule has 1 aliphatic rings. The SMILES string of the molecule is CCc1ccc(C(CNC(=O)C2CC(O)CN2)N(C)C)cc1. The first-order chi connectivity index (χ1) is 10.5. The molecule has 3 unspecified atom stereocenters. The average molecular weight is 305 g/mol. The third-order valence-corrected chi connectivity index (χ3v) is 4.29. The first-order valence-corrected chi connectivity index (χ1v) is 7.95. The number of benzene rings is 1. The molecule has 0 aliphatic carbocycles. The minimum atomic E-state index is -0.415. The monoisotopic (exact) mass is 305 g/mol. The molecule has 1 fully saturated rings. The summed E-state index contributed by atoms with van der Waals surface area (Å²) in [4.78, 5) is 14.3. The summed E-state index contributed by atoms with van der Waals surface area (Å²) in [6.07, 6.45) is 1.10. The van der Waals surface area contributed by atoms with Crippen molar-refractivity contribution in [2.45, 2.75) is 38.0 Å². The molecule has 0 aromatic heterocycles. The van der Waals surface area contributed by atoms with Gasteiger partial charge < -0.3 is 20.6 Å². The number of amides is 1. The molecule has 0 saturated carbocycles. The highest BCUT2D eigenvalue weighted by molar-refractivity contribution is 5.82. The van der Waals surface area contributed by atoms with Gasteiger partial charge in [-0.15, -0.1) is 0 Å². The Bertz CT molecular complexity index is 487. The van der Waals surface area contributed by atoms with Crippen LogP contribution in [0.5, 0.6) is 0 Å². The number of β-amino-alcohol motifs (C(OH)–C–C–N with tert-alkyl or cyclic N) is 1. The molecule has 3 N–H and O–H groups in total. The van der Waals surface area contributed by atoms with Crippen molar-refractivity contribution in [3.8, 4) is 0 Å². The molecule has 1 aliphatic heterocycles. The number of nitrogens with one attached hydrogen (secondary N) is 2. The van der Waals surface area contributed by atoms with E-state index in [4.69, 9.17) is 0 Å². The highest BCUT2D eigenvalue weighted by Gasteiger charge is 2.28. The maximum atomic E-state index is 12.1. The van der Waals surface area contributed by atoms with E-state index >= 15 is 0 Å². The number of aliphatic hydroxyl groups excluding tert-OH is 1. The van der Waals surface area contributed by atoms with Crippen molar-refractivity contribution in [3.63, 3.8) is 0 Å². The fraction of sp³-hybridized carbons (Fsp3) is 0.588. The molecule has 0 spiro atoms. The van der Waals surface area contributed by atoms with E-state index in [1.54, 1.807) is 0 Å². The standard InChI is InChI=1S/C17H27N3O2/c1-4-12-5-7-13(8-6-12)16(20(2)3)11-19-17(22)15-9-14(21)10-18-15/h5-8,14-16,18,21H,4,9-11H2,1-3H3,(H,19,22). The molecule has 0 bridgehead atoms. The molecule has 122 valence electrons. The number of aryl methyl sites for hydroxylation is 1. The third-order valence-electron chi connectivity index (χ3n) is 4.29. The number of likely N-dealkylation sites (N-methyl/N-ethyl adjacent to an activating group) is 1. The van der Waals surface area contributed by atoms with Gasteiger partial charge in [0.2, 0.25) is 5.91 Å². The molecule has 1 saturated heterocycles. The van der Waals surface area contributed by atoms with Crippen LogP contribution in [0.2, 0.25) is 0 Å². The van der Waals surface area contributed by atoms with Crippen LogP contribution in [0.3, 0.4) is 0 Å². The molecule has 0 radical (unpaired) electrons. The Labute approximate surface area is 132 Å². The van der Waals surface area contributed by atoms with Gasteiger partial charge in [0, 0.05) is 13.1 Å². The number of carbonyl (C=O) groups is 1. The summed E-state index contributed by atoms with van der Waals surface area (Å²) < 4.78 is 0. The first kappa shape index (κ1) is 16.9. The van der Waals surface area contributed by atoms with Gasteiger partial charge in [0.25, 0.3) is 0 Å². The Morgan fingerprint density at radius 2 is 2.09 bits per heavy atom. The molecule has 1 aromatic carbocycles. The summed E-state index contributed by atoms with van der Waals surface area (Å²) in [7, 11) is 4.03. The summed E-state index contributed by atoms with van der Waals surface area (Å²) in [5.41, 5.74) is 2.51. The number of nitrogens with zero attached hydrogens (tertiary/aromatic N) is 1. The number of carbonyl (C=O) groups excluding carboxylic acids is 1. The molecule has 5 heteroatoms. The summed E-state index contributed by atoms with van der Waals surface area (Å²) in [5, 5.41) is 15.5. The fourth-order valence-corrected chi connectivity index (χ4v) is 2.81. The van der Waals surface area contributed by atoms with Gasteiger partial charge in [-0.05, 0) is 38.1 Å². The molecule has 22 heavy (non-hydrogen) atoms.